The molecule has 0 unspecified atom stereocenters. The number of aryl methyl sites for hydroxylation is 6. The predicted molar refractivity (Wildman–Crippen MR) is 199 cm³/mol. The second kappa shape index (κ2) is 14.0. The van der Waals surface area contributed by atoms with Gasteiger partial charge < -0.3 is 25.2 Å². The summed E-state index contributed by atoms with van der Waals surface area (Å²) < 4.78 is 8.94. The fourth-order valence-corrected chi connectivity index (χ4v) is 6.88. The number of carbonyl (C=O) groups excluding carboxylic acids is 4. The summed E-state index contributed by atoms with van der Waals surface area (Å²) in [4.78, 5) is 60.7. The van der Waals surface area contributed by atoms with Gasteiger partial charge in [-0.3, -0.25) is 33.9 Å². The number of nitrogens with two attached hydrogens (primary N) is 2. The van der Waals surface area contributed by atoms with Crippen LogP contribution in [0.25, 0.3) is 22.1 Å². The van der Waals surface area contributed by atoms with Crippen molar-refractivity contribution < 1.29 is 19.2 Å². The minimum atomic E-state index is -0.630. The Morgan fingerprint density at radius 1 is 0.811 bits per heavy atom. The average molecular weight is 721 g/mol. The summed E-state index contributed by atoms with van der Waals surface area (Å²) in [5, 5.41) is 11.8. The Kier molecular flexibility index (Phi) is 9.64. The van der Waals surface area contributed by atoms with Gasteiger partial charge in [0.1, 0.15) is 11.4 Å². The number of imidazole rings is 2. The van der Waals surface area contributed by atoms with Crippen LogP contribution >= 0.6 is 0 Å². The van der Waals surface area contributed by atoms with Crippen LogP contribution in [0.5, 0.6) is 0 Å². The minimum Gasteiger partial charge on any atom is -0.366 e. The number of hydrogen-bond acceptors (Lipinski definition) is 7. The van der Waals surface area contributed by atoms with E-state index in [0.29, 0.717) is 94.5 Å². The molecule has 0 bridgehead atoms. The van der Waals surface area contributed by atoms with Gasteiger partial charge >= 0.3 is 0 Å². The lowest BCUT2D eigenvalue weighted by Gasteiger charge is -2.29. The minimum absolute atomic E-state index is 0.298. The number of fused-ring (bicyclic) bond motifs is 2. The highest BCUT2D eigenvalue weighted by Crippen LogP contribution is 2.33. The van der Waals surface area contributed by atoms with E-state index in [2.05, 4.69) is 20.5 Å². The smallest absolute Gasteiger partial charge is 0.298 e. The van der Waals surface area contributed by atoms with Gasteiger partial charge in [0.15, 0.2) is 0 Å². The van der Waals surface area contributed by atoms with Crippen LogP contribution in [0.1, 0.15) is 93.6 Å². The molecule has 6 rings (SSSR count). The third-order valence-electron chi connectivity index (χ3n) is 9.45. The number of benzene rings is 2. The van der Waals surface area contributed by atoms with E-state index in [-0.39, 0.29) is 5.91 Å². The molecule has 0 radical (unpaired) electrons. The SMILES string of the molecule is CCn1nc(C)cc1C(=O)N=c1n(C)c2cc(C(N)=O)ccc2n1CCCC(C)(C)n1c(NC(=O)c2cc(C)nn2CC)nc2cc(C(N)=O)ccc21. The number of primary amides is 2. The fourth-order valence-electron chi connectivity index (χ4n) is 6.88. The number of nitrogens with one attached hydrogen (secondary N) is 1. The number of nitrogens with zero attached hydrogens (tertiary/aromatic N) is 9. The molecule has 53 heavy (non-hydrogen) atoms. The third kappa shape index (κ3) is 6.86. The highest BCUT2D eigenvalue weighted by atomic mass is 16.2. The molecule has 0 saturated carbocycles. The summed E-state index contributed by atoms with van der Waals surface area (Å²) in [7, 11) is 1.79. The van der Waals surface area contributed by atoms with Crippen LogP contribution in [0.2, 0.25) is 0 Å². The highest BCUT2D eigenvalue weighted by molar-refractivity contribution is 6.03. The molecule has 0 aliphatic heterocycles. The quantitative estimate of drug-likeness (QED) is 0.170. The zero-order valence-corrected chi connectivity index (χ0v) is 31.0. The first-order valence-corrected chi connectivity index (χ1v) is 17.4. The summed E-state index contributed by atoms with van der Waals surface area (Å²) >= 11 is 0. The number of aromatic nitrogens is 8. The van der Waals surface area contributed by atoms with Crippen LogP contribution in [-0.2, 0) is 32.2 Å². The Bertz CT molecular complexity index is 2510. The van der Waals surface area contributed by atoms with E-state index in [1.54, 1.807) is 69.5 Å². The van der Waals surface area contributed by atoms with Crippen LogP contribution in [-0.4, -0.2) is 61.9 Å². The molecule has 4 amide bonds. The van der Waals surface area contributed by atoms with Crippen molar-refractivity contribution in [2.24, 2.45) is 23.5 Å². The lowest BCUT2D eigenvalue weighted by molar-refractivity contribution is 0.0980. The van der Waals surface area contributed by atoms with Crippen molar-refractivity contribution in [1.29, 1.82) is 0 Å². The standard InChI is InChI=1S/C37H44N12O4/c1-8-47-29(17-21(3)43-47)33(52)41-35-40-25-19-23(31(38)50)11-13-26(25)49(35)37(5,6)15-10-16-46-27-14-12-24(32(39)51)20-28(27)45(7)36(46)42-34(53)30-18-22(4)44-48(30)9-2/h11-14,17-20H,8-10,15-16H2,1-7H3,(H2,38,50)(H2,39,51)(H,40,41,52). The molecule has 2 aromatic carbocycles. The number of rotatable bonds is 12. The van der Waals surface area contributed by atoms with Crippen LogP contribution in [0.15, 0.2) is 53.5 Å². The number of carbonyl (C=O) groups is 4. The second-order valence-corrected chi connectivity index (χ2v) is 13.7. The van der Waals surface area contributed by atoms with Gasteiger partial charge in [0.2, 0.25) is 23.4 Å². The molecule has 5 N–H and O–H groups in total. The normalized spacial score (nSPS) is 12.2. The van der Waals surface area contributed by atoms with Gasteiger partial charge in [0.25, 0.3) is 11.8 Å². The van der Waals surface area contributed by atoms with Crippen LogP contribution < -0.4 is 22.4 Å². The summed E-state index contributed by atoms with van der Waals surface area (Å²) in [5.41, 5.74) is 16.5. The fraction of sp³-hybridized carbons (Fsp3) is 0.351. The molecule has 4 heterocycles. The number of anilines is 1. The topological polar surface area (TPSA) is 208 Å². The first kappa shape index (κ1) is 36.5. The Morgan fingerprint density at radius 2 is 1.40 bits per heavy atom. The third-order valence-corrected chi connectivity index (χ3v) is 9.45. The molecular weight excluding hydrogens is 676 g/mol. The second-order valence-electron chi connectivity index (χ2n) is 13.7. The molecule has 16 nitrogen and oxygen atoms in total. The zero-order valence-electron chi connectivity index (χ0n) is 31.0. The van der Waals surface area contributed by atoms with E-state index in [1.165, 1.54) is 0 Å². The molecule has 0 spiro atoms. The predicted octanol–water partition coefficient (Wildman–Crippen LogP) is 3.79. The van der Waals surface area contributed by atoms with Gasteiger partial charge in [-0.15, -0.1) is 0 Å². The summed E-state index contributed by atoms with van der Waals surface area (Å²) in [5.74, 6) is -1.66. The number of amides is 4. The van der Waals surface area contributed by atoms with Gasteiger partial charge in [-0.25, -0.2) is 4.98 Å². The van der Waals surface area contributed by atoms with E-state index >= 15 is 0 Å². The van der Waals surface area contributed by atoms with Crippen molar-refractivity contribution >= 4 is 51.6 Å². The molecule has 0 saturated heterocycles. The highest BCUT2D eigenvalue weighted by Gasteiger charge is 2.29. The van der Waals surface area contributed by atoms with E-state index < -0.39 is 23.3 Å². The first-order valence-electron chi connectivity index (χ1n) is 17.4. The zero-order chi connectivity index (χ0) is 38.4. The number of hydrogen-bond donors (Lipinski definition) is 3. The van der Waals surface area contributed by atoms with Crippen LogP contribution in [0.3, 0.4) is 0 Å². The molecule has 0 aliphatic carbocycles. The van der Waals surface area contributed by atoms with Crippen molar-refractivity contribution in [3.63, 3.8) is 0 Å². The van der Waals surface area contributed by atoms with Gasteiger partial charge in [0, 0.05) is 43.3 Å². The molecule has 276 valence electrons. The molecule has 4 aromatic heterocycles. The molecule has 0 atom stereocenters. The van der Waals surface area contributed by atoms with Gasteiger partial charge in [-0.05, 0) is 103 Å². The van der Waals surface area contributed by atoms with E-state index in [4.69, 9.17) is 16.5 Å². The Labute approximate surface area is 305 Å². The van der Waals surface area contributed by atoms with Crippen molar-refractivity contribution in [2.75, 3.05) is 5.32 Å². The van der Waals surface area contributed by atoms with Gasteiger partial charge in [0.05, 0.1) is 33.5 Å². The average Bonchev–Trinajstić information content (AvgIpc) is 3.86. The lowest BCUT2D eigenvalue weighted by atomic mass is 9.97. The van der Waals surface area contributed by atoms with Crippen molar-refractivity contribution in [3.8, 4) is 0 Å². The van der Waals surface area contributed by atoms with Crippen molar-refractivity contribution in [3.05, 3.63) is 88.1 Å². The maximum Gasteiger partial charge on any atom is 0.298 e. The Balaban J connectivity index is 1.38. The molecule has 16 heteroatoms. The Morgan fingerprint density at radius 3 is 2.02 bits per heavy atom. The molecule has 0 fully saturated rings. The molecular formula is C37H44N12O4. The van der Waals surface area contributed by atoms with Crippen LogP contribution in [0.4, 0.5) is 5.95 Å². The van der Waals surface area contributed by atoms with Gasteiger partial charge in [-0.1, -0.05) is 0 Å². The monoisotopic (exact) mass is 720 g/mol. The van der Waals surface area contributed by atoms with Crippen molar-refractivity contribution in [1.82, 2.24) is 38.2 Å². The first-order chi connectivity index (χ1) is 25.1. The molecule has 6 aromatic rings. The maximum atomic E-state index is 13.6. The largest absolute Gasteiger partial charge is 0.366 e. The van der Waals surface area contributed by atoms with Crippen LogP contribution in [0, 0.1) is 13.8 Å². The summed E-state index contributed by atoms with van der Waals surface area (Å²) in [6, 6.07) is 13.6. The Hall–Kier alpha value is -6.32. The van der Waals surface area contributed by atoms with E-state index in [1.807, 2.05) is 50.7 Å². The van der Waals surface area contributed by atoms with Gasteiger partial charge in [-0.2, -0.15) is 15.2 Å². The summed E-state index contributed by atoms with van der Waals surface area (Å²) in [6.07, 6.45) is 1.19. The maximum absolute atomic E-state index is 13.6. The summed E-state index contributed by atoms with van der Waals surface area (Å²) in [6.45, 7) is 13.0. The lowest BCUT2D eigenvalue weighted by Crippen LogP contribution is -2.31. The van der Waals surface area contributed by atoms with E-state index in [0.717, 1.165) is 5.52 Å². The van der Waals surface area contributed by atoms with E-state index in [9.17, 15) is 19.2 Å². The molecule has 0 aliphatic rings. The van der Waals surface area contributed by atoms with Crippen molar-refractivity contribution in [2.45, 2.75) is 79.6 Å².